The number of methoxy groups -OCH3 is 1. The molecule has 1 atom stereocenters. The number of hydrogen-bond acceptors (Lipinski definition) is 4. The number of carboxylic acids is 1. The third-order valence-electron chi connectivity index (χ3n) is 2.53. The second kappa shape index (κ2) is 9.39. The van der Waals surface area contributed by atoms with Crippen LogP contribution in [-0.2, 0) is 19.0 Å². The molecular weight excluding hydrogens is 224 g/mol. The van der Waals surface area contributed by atoms with Gasteiger partial charge in [-0.2, -0.15) is 0 Å². The molecule has 0 amide bonds. The summed E-state index contributed by atoms with van der Waals surface area (Å²) in [7, 11) is 1.54. The molecule has 0 fully saturated rings. The SMILES string of the molecule is CCCCOCCOC(C)(CCOC)C(=O)O. The molecule has 1 unspecified atom stereocenters. The third kappa shape index (κ3) is 7.31. The molecule has 0 aliphatic rings. The zero-order valence-electron chi connectivity index (χ0n) is 11.0. The number of hydrogen-bond donors (Lipinski definition) is 1. The van der Waals surface area contributed by atoms with Crippen LogP contribution in [0.5, 0.6) is 0 Å². The van der Waals surface area contributed by atoms with E-state index < -0.39 is 11.6 Å². The minimum Gasteiger partial charge on any atom is -0.479 e. The van der Waals surface area contributed by atoms with Gasteiger partial charge in [0.2, 0.25) is 0 Å². The van der Waals surface area contributed by atoms with Gasteiger partial charge in [0, 0.05) is 26.7 Å². The van der Waals surface area contributed by atoms with Gasteiger partial charge in [0.1, 0.15) is 0 Å². The summed E-state index contributed by atoms with van der Waals surface area (Å²) in [5, 5.41) is 9.08. The van der Waals surface area contributed by atoms with Gasteiger partial charge in [0.15, 0.2) is 5.60 Å². The van der Waals surface area contributed by atoms with Crippen molar-refractivity contribution in [1.29, 1.82) is 0 Å². The van der Waals surface area contributed by atoms with Gasteiger partial charge in [-0.05, 0) is 13.3 Å². The lowest BCUT2D eigenvalue weighted by atomic mass is 10.0. The predicted molar refractivity (Wildman–Crippen MR) is 64.2 cm³/mol. The van der Waals surface area contributed by atoms with Gasteiger partial charge in [-0.1, -0.05) is 13.3 Å². The Morgan fingerprint density at radius 2 is 1.94 bits per heavy atom. The number of carbonyl (C=O) groups is 1. The first-order valence-corrected chi connectivity index (χ1v) is 6.01. The van der Waals surface area contributed by atoms with E-state index in [2.05, 4.69) is 6.92 Å². The van der Waals surface area contributed by atoms with Gasteiger partial charge in [-0.25, -0.2) is 4.79 Å². The molecule has 0 rings (SSSR count). The molecule has 0 aromatic heterocycles. The second-order valence-electron chi connectivity index (χ2n) is 4.09. The van der Waals surface area contributed by atoms with Gasteiger partial charge in [0.25, 0.3) is 0 Å². The van der Waals surface area contributed by atoms with Crippen LogP contribution in [0.4, 0.5) is 0 Å². The Morgan fingerprint density at radius 1 is 1.24 bits per heavy atom. The van der Waals surface area contributed by atoms with Crippen molar-refractivity contribution in [2.45, 2.75) is 38.7 Å². The number of aliphatic carboxylic acids is 1. The van der Waals surface area contributed by atoms with Crippen molar-refractivity contribution < 1.29 is 24.1 Å². The van der Waals surface area contributed by atoms with E-state index in [9.17, 15) is 4.79 Å². The maximum absolute atomic E-state index is 11.1. The van der Waals surface area contributed by atoms with E-state index in [4.69, 9.17) is 19.3 Å². The fourth-order valence-corrected chi connectivity index (χ4v) is 1.21. The van der Waals surface area contributed by atoms with Gasteiger partial charge >= 0.3 is 5.97 Å². The lowest BCUT2D eigenvalue weighted by molar-refractivity contribution is -0.167. The van der Waals surface area contributed by atoms with E-state index in [1.165, 1.54) is 7.11 Å². The van der Waals surface area contributed by atoms with Crippen LogP contribution in [0.1, 0.15) is 33.1 Å². The normalized spacial score (nSPS) is 14.5. The molecule has 0 aromatic rings. The van der Waals surface area contributed by atoms with Gasteiger partial charge in [-0.3, -0.25) is 0 Å². The van der Waals surface area contributed by atoms with Crippen LogP contribution in [0.25, 0.3) is 0 Å². The first kappa shape index (κ1) is 16.4. The Balaban J connectivity index is 3.81. The Morgan fingerprint density at radius 3 is 2.47 bits per heavy atom. The summed E-state index contributed by atoms with van der Waals surface area (Å²) in [4.78, 5) is 11.1. The van der Waals surface area contributed by atoms with E-state index in [1.807, 2.05) is 0 Å². The molecule has 17 heavy (non-hydrogen) atoms. The molecule has 102 valence electrons. The van der Waals surface area contributed by atoms with Crippen LogP contribution >= 0.6 is 0 Å². The minimum atomic E-state index is -1.19. The van der Waals surface area contributed by atoms with Crippen LogP contribution in [0.3, 0.4) is 0 Å². The largest absolute Gasteiger partial charge is 0.479 e. The van der Waals surface area contributed by atoms with Crippen molar-refractivity contribution in [3.63, 3.8) is 0 Å². The van der Waals surface area contributed by atoms with Gasteiger partial charge in [-0.15, -0.1) is 0 Å². The van der Waals surface area contributed by atoms with Gasteiger partial charge < -0.3 is 19.3 Å². The Labute approximate surface area is 103 Å². The molecule has 0 radical (unpaired) electrons. The van der Waals surface area contributed by atoms with Crippen molar-refractivity contribution in [3.8, 4) is 0 Å². The molecule has 0 heterocycles. The molecule has 0 aliphatic carbocycles. The summed E-state index contributed by atoms with van der Waals surface area (Å²) in [6.07, 6.45) is 2.43. The minimum absolute atomic E-state index is 0.288. The van der Waals surface area contributed by atoms with Crippen molar-refractivity contribution in [2.24, 2.45) is 0 Å². The standard InChI is InChI=1S/C12H24O5/c1-4-5-7-16-9-10-17-12(2,11(13)14)6-8-15-3/h4-10H2,1-3H3,(H,13,14). The van der Waals surface area contributed by atoms with Crippen LogP contribution in [-0.4, -0.2) is 50.2 Å². The maximum Gasteiger partial charge on any atom is 0.335 e. The van der Waals surface area contributed by atoms with Crippen molar-refractivity contribution in [1.82, 2.24) is 0 Å². The molecule has 5 heteroatoms. The quantitative estimate of drug-likeness (QED) is 0.564. The monoisotopic (exact) mass is 248 g/mol. The van der Waals surface area contributed by atoms with Crippen molar-refractivity contribution in [2.75, 3.05) is 33.5 Å². The number of rotatable bonds is 11. The summed E-state index contributed by atoms with van der Waals surface area (Å²) in [5.74, 6) is -0.969. The van der Waals surface area contributed by atoms with Crippen molar-refractivity contribution >= 4 is 5.97 Å². The highest BCUT2D eigenvalue weighted by Crippen LogP contribution is 2.15. The lowest BCUT2D eigenvalue weighted by Gasteiger charge is -2.24. The Kier molecular flexibility index (Phi) is 9.03. The summed E-state index contributed by atoms with van der Waals surface area (Å²) >= 11 is 0. The maximum atomic E-state index is 11.1. The fraction of sp³-hybridized carbons (Fsp3) is 0.917. The highest BCUT2D eigenvalue weighted by molar-refractivity contribution is 5.76. The average Bonchev–Trinajstić information content (AvgIpc) is 2.31. The van der Waals surface area contributed by atoms with E-state index in [0.717, 1.165) is 12.8 Å². The van der Waals surface area contributed by atoms with Crippen LogP contribution in [0, 0.1) is 0 Å². The number of unbranched alkanes of at least 4 members (excludes halogenated alkanes) is 1. The van der Waals surface area contributed by atoms with Gasteiger partial charge in [0.05, 0.1) is 13.2 Å². The first-order valence-electron chi connectivity index (χ1n) is 6.01. The summed E-state index contributed by atoms with van der Waals surface area (Å²) in [5.41, 5.74) is -1.19. The smallest absolute Gasteiger partial charge is 0.335 e. The number of carboxylic acid groups (broad SMARTS) is 1. The number of ether oxygens (including phenoxy) is 3. The molecule has 1 N–H and O–H groups in total. The summed E-state index contributed by atoms with van der Waals surface area (Å²) < 4.78 is 15.5. The molecule has 0 bridgehead atoms. The van der Waals surface area contributed by atoms with E-state index >= 15 is 0 Å². The Hall–Kier alpha value is -0.650. The molecule has 5 nitrogen and oxygen atoms in total. The second-order valence-corrected chi connectivity index (χ2v) is 4.09. The first-order chi connectivity index (χ1) is 8.06. The average molecular weight is 248 g/mol. The molecule has 0 aromatic carbocycles. The van der Waals surface area contributed by atoms with Crippen LogP contribution < -0.4 is 0 Å². The molecule has 0 aliphatic heterocycles. The summed E-state index contributed by atoms with van der Waals surface area (Å²) in [6, 6.07) is 0. The molecular formula is C12H24O5. The lowest BCUT2D eigenvalue weighted by Crippen LogP contribution is -2.40. The molecule has 0 saturated heterocycles. The molecule has 0 saturated carbocycles. The molecule has 0 spiro atoms. The van der Waals surface area contributed by atoms with Crippen LogP contribution in [0.2, 0.25) is 0 Å². The van der Waals surface area contributed by atoms with E-state index in [1.54, 1.807) is 6.92 Å². The zero-order valence-corrected chi connectivity index (χ0v) is 11.0. The van der Waals surface area contributed by atoms with Crippen LogP contribution in [0.15, 0.2) is 0 Å². The van der Waals surface area contributed by atoms with Crippen molar-refractivity contribution in [3.05, 3.63) is 0 Å². The highest BCUT2D eigenvalue weighted by atomic mass is 16.6. The third-order valence-corrected chi connectivity index (χ3v) is 2.53. The van der Waals surface area contributed by atoms with E-state index in [-0.39, 0.29) is 6.61 Å². The highest BCUT2D eigenvalue weighted by Gasteiger charge is 2.33. The Bertz CT molecular complexity index is 207. The predicted octanol–water partition coefficient (Wildman–Crippen LogP) is 1.70. The zero-order chi connectivity index (χ0) is 13.1. The topological polar surface area (TPSA) is 65.0 Å². The summed E-state index contributed by atoms with van der Waals surface area (Å²) in [6.45, 7) is 5.42. The van der Waals surface area contributed by atoms with E-state index in [0.29, 0.717) is 26.2 Å². The fourth-order valence-electron chi connectivity index (χ4n) is 1.21.